The van der Waals surface area contributed by atoms with Crippen LogP contribution in [0.25, 0.3) is 0 Å². The van der Waals surface area contributed by atoms with Gasteiger partial charge in [0.2, 0.25) is 0 Å². The molecule has 0 radical (unpaired) electrons. The summed E-state index contributed by atoms with van der Waals surface area (Å²) in [5, 5.41) is 2.85. The molecular formula is C19H23NO3S. The van der Waals surface area contributed by atoms with Gasteiger partial charge in [-0.3, -0.25) is 4.79 Å². The molecule has 5 heteroatoms. The molecule has 2 aromatic carbocycles. The molecular weight excluding hydrogens is 322 g/mol. The minimum atomic E-state index is -3.08. The lowest BCUT2D eigenvalue weighted by Crippen LogP contribution is -2.13. The molecule has 4 nitrogen and oxygen atoms in total. The number of hydrogen-bond acceptors (Lipinski definition) is 3. The highest BCUT2D eigenvalue weighted by atomic mass is 32.2. The van der Waals surface area contributed by atoms with Crippen LogP contribution in [-0.2, 0) is 21.0 Å². The van der Waals surface area contributed by atoms with Crippen molar-refractivity contribution in [3.63, 3.8) is 0 Å². The van der Waals surface area contributed by atoms with E-state index in [0.717, 1.165) is 5.69 Å². The first-order valence-electron chi connectivity index (χ1n) is 7.73. The van der Waals surface area contributed by atoms with E-state index in [2.05, 4.69) is 26.1 Å². The number of nitrogens with one attached hydrogen (secondary N) is 1. The summed E-state index contributed by atoms with van der Waals surface area (Å²) >= 11 is 0. The van der Waals surface area contributed by atoms with E-state index in [0.29, 0.717) is 11.1 Å². The van der Waals surface area contributed by atoms with Crippen LogP contribution in [0.5, 0.6) is 0 Å². The second kappa shape index (κ2) is 6.77. The summed E-state index contributed by atoms with van der Waals surface area (Å²) in [6, 6.07) is 14.4. The van der Waals surface area contributed by atoms with E-state index in [1.165, 1.54) is 11.8 Å². The molecule has 0 bridgehead atoms. The van der Waals surface area contributed by atoms with Crippen LogP contribution >= 0.6 is 0 Å². The van der Waals surface area contributed by atoms with Gasteiger partial charge in [-0.1, -0.05) is 45.0 Å². The SMILES string of the molecule is CC(C)(C)c1ccc(NC(=O)c2ccc(CS(C)(=O)=O)cc2)cc1. The van der Waals surface area contributed by atoms with Gasteiger partial charge < -0.3 is 5.32 Å². The minimum Gasteiger partial charge on any atom is -0.322 e. The van der Waals surface area contributed by atoms with Crippen molar-refractivity contribution in [1.29, 1.82) is 0 Å². The normalized spacial score (nSPS) is 12.0. The Morgan fingerprint density at radius 1 is 0.958 bits per heavy atom. The lowest BCUT2D eigenvalue weighted by Gasteiger charge is -2.19. The molecule has 0 aliphatic rings. The number of rotatable bonds is 4. The number of sulfone groups is 1. The van der Waals surface area contributed by atoms with Gasteiger partial charge in [0.25, 0.3) is 5.91 Å². The highest BCUT2D eigenvalue weighted by molar-refractivity contribution is 7.89. The van der Waals surface area contributed by atoms with Gasteiger partial charge in [-0.2, -0.15) is 0 Å². The lowest BCUT2D eigenvalue weighted by atomic mass is 9.87. The summed E-state index contributed by atoms with van der Waals surface area (Å²) in [5.41, 5.74) is 3.16. The third-order valence-electron chi connectivity index (χ3n) is 3.65. The summed E-state index contributed by atoms with van der Waals surface area (Å²) in [6.07, 6.45) is 1.19. The van der Waals surface area contributed by atoms with Crippen molar-refractivity contribution in [2.75, 3.05) is 11.6 Å². The van der Waals surface area contributed by atoms with E-state index in [1.807, 2.05) is 24.3 Å². The number of anilines is 1. The Balaban J connectivity index is 2.07. The molecule has 0 unspecified atom stereocenters. The van der Waals surface area contributed by atoms with Crippen molar-refractivity contribution in [1.82, 2.24) is 0 Å². The Morgan fingerprint density at radius 2 is 1.50 bits per heavy atom. The standard InChI is InChI=1S/C19H23NO3S/c1-19(2,3)16-9-11-17(12-10-16)20-18(21)15-7-5-14(6-8-15)13-24(4,22)23/h5-12H,13H2,1-4H3,(H,20,21). The zero-order chi connectivity index (χ0) is 18.0. The van der Waals surface area contributed by atoms with Crippen molar-refractivity contribution < 1.29 is 13.2 Å². The molecule has 128 valence electrons. The Bertz CT molecular complexity index is 814. The predicted octanol–water partition coefficient (Wildman–Crippen LogP) is 3.78. The van der Waals surface area contributed by atoms with Crippen LogP contribution < -0.4 is 5.32 Å². The molecule has 0 saturated heterocycles. The van der Waals surface area contributed by atoms with Crippen LogP contribution in [0.1, 0.15) is 42.3 Å². The fraction of sp³-hybridized carbons (Fsp3) is 0.316. The quantitative estimate of drug-likeness (QED) is 0.917. The van der Waals surface area contributed by atoms with Crippen molar-refractivity contribution >= 4 is 21.4 Å². The fourth-order valence-electron chi connectivity index (χ4n) is 2.31. The van der Waals surface area contributed by atoms with Gasteiger partial charge in [0.15, 0.2) is 9.84 Å². The van der Waals surface area contributed by atoms with Crippen LogP contribution in [0.15, 0.2) is 48.5 Å². The average Bonchev–Trinajstić information content (AvgIpc) is 2.46. The highest BCUT2D eigenvalue weighted by Crippen LogP contribution is 2.23. The van der Waals surface area contributed by atoms with Gasteiger partial charge in [-0.15, -0.1) is 0 Å². The van der Waals surface area contributed by atoms with Crippen molar-refractivity contribution in [3.05, 3.63) is 65.2 Å². The van der Waals surface area contributed by atoms with Crippen LogP contribution in [-0.4, -0.2) is 20.6 Å². The zero-order valence-electron chi connectivity index (χ0n) is 14.5. The van der Waals surface area contributed by atoms with Gasteiger partial charge >= 0.3 is 0 Å². The van der Waals surface area contributed by atoms with E-state index in [1.54, 1.807) is 24.3 Å². The molecule has 2 rings (SSSR count). The first-order chi connectivity index (χ1) is 11.0. The summed E-state index contributed by atoms with van der Waals surface area (Å²) in [5.74, 6) is -0.243. The summed E-state index contributed by atoms with van der Waals surface area (Å²) < 4.78 is 22.6. The molecule has 24 heavy (non-hydrogen) atoms. The number of hydrogen-bond donors (Lipinski definition) is 1. The van der Waals surface area contributed by atoms with Gasteiger partial charge in [-0.05, 0) is 40.8 Å². The molecule has 0 heterocycles. The fourth-order valence-corrected chi connectivity index (χ4v) is 3.11. The van der Waals surface area contributed by atoms with Crippen molar-refractivity contribution in [2.45, 2.75) is 31.9 Å². The summed E-state index contributed by atoms with van der Waals surface area (Å²) in [4.78, 5) is 12.3. The van der Waals surface area contributed by atoms with Gasteiger partial charge in [0.05, 0.1) is 5.75 Å². The molecule has 0 aliphatic carbocycles. The van der Waals surface area contributed by atoms with Crippen LogP contribution in [0, 0.1) is 0 Å². The zero-order valence-corrected chi connectivity index (χ0v) is 15.3. The maximum Gasteiger partial charge on any atom is 0.255 e. The Hall–Kier alpha value is -2.14. The largest absolute Gasteiger partial charge is 0.322 e. The topological polar surface area (TPSA) is 63.2 Å². The van der Waals surface area contributed by atoms with Gasteiger partial charge in [0, 0.05) is 17.5 Å². The molecule has 0 aliphatic heterocycles. The third-order valence-corrected chi connectivity index (χ3v) is 4.51. The summed E-state index contributed by atoms with van der Waals surface area (Å²) in [6.45, 7) is 6.41. The van der Waals surface area contributed by atoms with E-state index in [-0.39, 0.29) is 17.1 Å². The Morgan fingerprint density at radius 3 is 1.96 bits per heavy atom. The van der Waals surface area contributed by atoms with E-state index < -0.39 is 9.84 Å². The van der Waals surface area contributed by atoms with Gasteiger partial charge in [-0.25, -0.2) is 8.42 Å². The molecule has 0 aromatic heterocycles. The van der Waals surface area contributed by atoms with Crippen molar-refractivity contribution in [2.24, 2.45) is 0 Å². The molecule has 0 fully saturated rings. The number of carbonyl (C=O) groups excluding carboxylic acids is 1. The Labute approximate surface area is 143 Å². The number of benzene rings is 2. The van der Waals surface area contributed by atoms with E-state index in [4.69, 9.17) is 0 Å². The second-order valence-corrected chi connectivity index (χ2v) is 9.19. The maximum atomic E-state index is 12.3. The van der Waals surface area contributed by atoms with Gasteiger partial charge in [0.1, 0.15) is 0 Å². The summed E-state index contributed by atoms with van der Waals surface area (Å²) in [7, 11) is -3.08. The highest BCUT2D eigenvalue weighted by Gasteiger charge is 2.13. The van der Waals surface area contributed by atoms with Crippen molar-refractivity contribution in [3.8, 4) is 0 Å². The van der Waals surface area contributed by atoms with Crippen LogP contribution in [0.3, 0.4) is 0 Å². The van der Waals surface area contributed by atoms with Crippen LogP contribution in [0.2, 0.25) is 0 Å². The molecule has 1 amide bonds. The molecule has 0 saturated carbocycles. The van der Waals surface area contributed by atoms with Crippen LogP contribution in [0.4, 0.5) is 5.69 Å². The maximum absolute atomic E-state index is 12.3. The molecule has 0 spiro atoms. The number of carbonyl (C=O) groups is 1. The molecule has 2 aromatic rings. The predicted molar refractivity (Wildman–Crippen MR) is 98.1 cm³/mol. The lowest BCUT2D eigenvalue weighted by molar-refractivity contribution is 0.102. The smallest absolute Gasteiger partial charge is 0.255 e. The first kappa shape index (κ1) is 18.2. The van der Waals surface area contributed by atoms with E-state index in [9.17, 15) is 13.2 Å². The third kappa shape index (κ3) is 5.20. The molecule has 0 atom stereocenters. The molecule has 1 N–H and O–H groups in total. The number of amides is 1. The first-order valence-corrected chi connectivity index (χ1v) is 9.79. The monoisotopic (exact) mass is 345 g/mol. The minimum absolute atomic E-state index is 0.0246. The Kier molecular flexibility index (Phi) is 5.13. The van der Waals surface area contributed by atoms with E-state index >= 15 is 0 Å². The average molecular weight is 345 g/mol. The second-order valence-electron chi connectivity index (χ2n) is 7.05.